The molecular weight excluding hydrogens is 362 g/mol. The molecular formula is C21H18ClN3O2. The van der Waals surface area contributed by atoms with Crippen molar-refractivity contribution < 1.29 is 9.53 Å². The van der Waals surface area contributed by atoms with Crippen LogP contribution in [0.1, 0.15) is 29.2 Å². The van der Waals surface area contributed by atoms with E-state index in [1.807, 2.05) is 19.1 Å². The quantitative estimate of drug-likeness (QED) is 0.882. The monoisotopic (exact) mass is 379 g/mol. The summed E-state index contributed by atoms with van der Waals surface area (Å²) in [6.07, 6.45) is 3.03. The number of aromatic nitrogens is 1. The maximum atomic E-state index is 13.2. The van der Waals surface area contributed by atoms with Gasteiger partial charge < -0.3 is 10.1 Å². The van der Waals surface area contributed by atoms with Gasteiger partial charge in [-0.1, -0.05) is 11.6 Å². The van der Waals surface area contributed by atoms with Crippen LogP contribution >= 0.6 is 11.6 Å². The number of amides is 1. The molecule has 3 fully saturated rings. The molecule has 6 heteroatoms. The van der Waals surface area contributed by atoms with Crippen molar-refractivity contribution >= 4 is 23.2 Å². The zero-order valence-corrected chi connectivity index (χ0v) is 15.5. The van der Waals surface area contributed by atoms with E-state index in [0.29, 0.717) is 28.1 Å². The molecule has 2 aromatic rings. The molecule has 5 rings (SSSR count). The number of carbonyl (C=O) groups excluding carboxylic acids is 1. The molecule has 2 saturated heterocycles. The molecule has 1 aromatic heterocycles. The fourth-order valence-corrected chi connectivity index (χ4v) is 5.04. The van der Waals surface area contributed by atoms with E-state index >= 15 is 0 Å². The Labute approximate surface area is 162 Å². The van der Waals surface area contributed by atoms with Gasteiger partial charge in [-0.25, -0.2) is 0 Å². The molecule has 0 unspecified atom stereocenters. The highest BCUT2D eigenvalue weighted by molar-refractivity contribution is 6.31. The van der Waals surface area contributed by atoms with Crippen LogP contribution in [0, 0.1) is 36.0 Å². The van der Waals surface area contributed by atoms with Crippen molar-refractivity contribution in [2.24, 2.45) is 17.8 Å². The van der Waals surface area contributed by atoms with Crippen molar-refractivity contribution in [3.05, 3.63) is 58.4 Å². The zero-order chi connectivity index (χ0) is 18.7. The fourth-order valence-electron chi connectivity index (χ4n) is 4.88. The number of anilines is 1. The number of ether oxygens (including phenoxy) is 1. The summed E-state index contributed by atoms with van der Waals surface area (Å²) in [5, 5.41) is 12.5. The summed E-state index contributed by atoms with van der Waals surface area (Å²) in [4.78, 5) is 17.5. The highest BCUT2D eigenvalue weighted by Crippen LogP contribution is 2.65. The largest absolute Gasteiger partial charge is 0.373 e. The average Bonchev–Trinajstić information content (AvgIpc) is 3.27. The van der Waals surface area contributed by atoms with Crippen molar-refractivity contribution in [2.45, 2.75) is 31.5 Å². The van der Waals surface area contributed by atoms with Gasteiger partial charge >= 0.3 is 0 Å². The standard InChI is InChI=1S/C21H18ClN3O2/c1-10-6-11(4-5-24-10)17-18(20-15-8-14(15)19(17)27-20)21(26)25-13-2-3-16(22)12(7-13)9-23/h2-7,14-15,17-20H,8H2,1H3,(H,25,26)/t14-,15+,17+,18+,19-,20+/m0/s1. The van der Waals surface area contributed by atoms with Gasteiger partial charge in [-0.15, -0.1) is 0 Å². The summed E-state index contributed by atoms with van der Waals surface area (Å²) < 4.78 is 6.22. The van der Waals surface area contributed by atoms with E-state index in [1.165, 1.54) is 0 Å². The molecule has 3 heterocycles. The Balaban J connectivity index is 1.45. The van der Waals surface area contributed by atoms with E-state index in [-0.39, 0.29) is 30.0 Å². The van der Waals surface area contributed by atoms with Crippen LogP contribution in [0.15, 0.2) is 36.5 Å². The van der Waals surface area contributed by atoms with Crippen LogP contribution < -0.4 is 5.32 Å². The number of nitrogens with zero attached hydrogens (tertiary/aromatic N) is 2. The molecule has 2 bridgehead atoms. The van der Waals surface area contributed by atoms with Gasteiger partial charge in [-0.3, -0.25) is 9.78 Å². The second-order valence-electron chi connectivity index (χ2n) is 7.71. The van der Waals surface area contributed by atoms with E-state index in [2.05, 4.69) is 16.4 Å². The highest BCUT2D eigenvalue weighted by atomic mass is 35.5. The molecule has 1 N–H and O–H groups in total. The molecule has 1 aliphatic carbocycles. The smallest absolute Gasteiger partial charge is 0.230 e. The number of nitriles is 1. The van der Waals surface area contributed by atoms with E-state index in [1.54, 1.807) is 24.4 Å². The van der Waals surface area contributed by atoms with Gasteiger partial charge in [-0.05, 0) is 61.1 Å². The van der Waals surface area contributed by atoms with Crippen molar-refractivity contribution in [1.29, 1.82) is 5.26 Å². The van der Waals surface area contributed by atoms with Crippen LogP contribution in [0.25, 0.3) is 0 Å². The number of carbonyl (C=O) groups is 1. The maximum absolute atomic E-state index is 13.2. The summed E-state index contributed by atoms with van der Waals surface area (Å²) >= 11 is 5.99. The van der Waals surface area contributed by atoms with E-state index in [4.69, 9.17) is 21.6 Å². The molecule has 3 aliphatic rings. The number of hydrogen-bond acceptors (Lipinski definition) is 4. The Morgan fingerprint density at radius 2 is 2.11 bits per heavy atom. The Hall–Kier alpha value is -2.42. The molecule has 1 saturated carbocycles. The first-order valence-electron chi connectivity index (χ1n) is 9.15. The Morgan fingerprint density at radius 1 is 1.30 bits per heavy atom. The van der Waals surface area contributed by atoms with Gasteiger partial charge in [0.15, 0.2) is 0 Å². The third kappa shape index (κ3) is 2.63. The van der Waals surface area contributed by atoms with Crippen LogP contribution in [0.5, 0.6) is 0 Å². The summed E-state index contributed by atoms with van der Waals surface area (Å²) in [5.74, 6) is 0.839. The topological polar surface area (TPSA) is 75.0 Å². The first-order chi connectivity index (χ1) is 13.1. The normalized spacial score (nSPS) is 32.6. The van der Waals surface area contributed by atoms with Crippen molar-refractivity contribution in [2.75, 3.05) is 5.32 Å². The summed E-state index contributed by atoms with van der Waals surface area (Å²) in [6, 6.07) is 11.1. The number of rotatable bonds is 3. The Morgan fingerprint density at radius 3 is 2.89 bits per heavy atom. The Kier molecular flexibility index (Phi) is 3.75. The number of halogens is 1. The summed E-state index contributed by atoms with van der Waals surface area (Å²) in [6.45, 7) is 1.96. The van der Waals surface area contributed by atoms with Gasteiger partial charge in [0.05, 0.1) is 28.7 Å². The second kappa shape index (κ2) is 6.05. The van der Waals surface area contributed by atoms with Crippen LogP contribution in [0.2, 0.25) is 5.02 Å². The number of nitrogens with one attached hydrogen (secondary N) is 1. The SMILES string of the molecule is Cc1cc([C@H]2[C@H]3O[C@H]([C@@H]4C[C@@H]43)[C@@H]2C(=O)Nc2ccc(Cl)c(C#N)c2)ccn1. The average molecular weight is 380 g/mol. The number of fused-ring (bicyclic) bond motifs is 5. The van der Waals surface area contributed by atoms with E-state index in [0.717, 1.165) is 17.7 Å². The molecule has 0 radical (unpaired) electrons. The van der Waals surface area contributed by atoms with Gasteiger partial charge in [0, 0.05) is 23.5 Å². The third-order valence-electron chi connectivity index (χ3n) is 6.11. The number of aryl methyl sites for hydroxylation is 1. The minimum absolute atomic E-state index is 0.0267. The minimum atomic E-state index is -0.234. The van der Waals surface area contributed by atoms with Gasteiger partial charge in [0.2, 0.25) is 5.91 Å². The predicted octanol–water partition coefficient (Wildman–Crippen LogP) is 3.67. The zero-order valence-electron chi connectivity index (χ0n) is 14.7. The lowest BCUT2D eigenvalue weighted by molar-refractivity contribution is -0.122. The predicted molar refractivity (Wildman–Crippen MR) is 100 cm³/mol. The molecule has 1 amide bonds. The lowest BCUT2D eigenvalue weighted by Crippen LogP contribution is -2.37. The molecule has 6 atom stereocenters. The third-order valence-corrected chi connectivity index (χ3v) is 6.44. The summed E-state index contributed by atoms with van der Waals surface area (Å²) in [7, 11) is 0. The minimum Gasteiger partial charge on any atom is -0.373 e. The Bertz CT molecular complexity index is 986. The lowest BCUT2D eigenvalue weighted by Gasteiger charge is -2.27. The second-order valence-corrected chi connectivity index (χ2v) is 8.11. The fraction of sp³-hybridized carbons (Fsp3) is 0.381. The molecule has 136 valence electrons. The van der Waals surface area contributed by atoms with Gasteiger partial charge in [-0.2, -0.15) is 5.26 Å². The van der Waals surface area contributed by atoms with Crippen molar-refractivity contribution in [3.63, 3.8) is 0 Å². The number of pyridine rings is 1. The first kappa shape index (κ1) is 16.7. The molecule has 1 aromatic carbocycles. The van der Waals surface area contributed by atoms with Crippen molar-refractivity contribution in [1.82, 2.24) is 4.98 Å². The van der Waals surface area contributed by atoms with Crippen LogP contribution in [0.4, 0.5) is 5.69 Å². The molecule has 27 heavy (non-hydrogen) atoms. The van der Waals surface area contributed by atoms with E-state index in [9.17, 15) is 4.79 Å². The van der Waals surface area contributed by atoms with Crippen LogP contribution in [-0.2, 0) is 9.53 Å². The van der Waals surface area contributed by atoms with Gasteiger partial charge in [0.25, 0.3) is 0 Å². The molecule has 2 aliphatic heterocycles. The van der Waals surface area contributed by atoms with Gasteiger partial charge in [0.1, 0.15) is 6.07 Å². The molecule has 0 spiro atoms. The van der Waals surface area contributed by atoms with E-state index < -0.39 is 0 Å². The molecule has 5 nitrogen and oxygen atoms in total. The number of benzene rings is 1. The van der Waals surface area contributed by atoms with Crippen molar-refractivity contribution in [3.8, 4) is 6.07 Å². The number of hydrogen-bond donors (Lipinski definition) is 1. The summed E-state index contributed by atoms with van der Waals surface area (Å²) in [5.41, 5.74) is 3.00. The van der Waals surface area contributed by atoms with Crippen LogP contribution in [0.3, 0.4) is 0 Å². The van der Waals surface area contributed by atoms with Crippen LogP contribution in [-0.4, -0.2) is 23.1 Å². The lowest BCUT2D eigenvalue weighted by atomic mass is 9.75. The first-order valence-corrected chi connectivity index (χ1v) is 9.53. The maximum Gasteiger partial charge on any atom is 0.230 e. The highest BCUT2D eigenvalue weighted by Gasteiger charge is 2.68.